The van der Waals surface area contributed by atoms with Crippen molar-refractivity contribution in [1.29, 1.82) is 0 Å². The zero-order chi connectivity index (χ0) is 13.1. The van der Waals surface area contributed by atoms with Crippen molar-refractivity contribution in [2.45, 2.75) is 18.8 Å². The van der Waals surface area contributed by atoms with Gasteiger partial charge in [-0.25, -0.2) is 4.98 Å². The molecule has 1 heterocycles. The van der Waals surface area contributed by atoms with Crippen LogP contribution in [0, 0.1) is 0 Å². The molecule has 0 aliphatic rings. The van der Waals surface area contributed by atoms with E-state index in [1.807, 2.05) is 16.7 Å². The molecule has 2 rings (SSSR count). The van der Waals surface area contributed by atoms with E-state index >= 15 is 0 Å². The summed E-state index contributed by atoms with van der Waals surface area (Å²) < 4.78 is 1.93. The third-order valence-corrected chi connectivity index (χ3v) is 3.22. The van der Waals surface area contributed by atoms with E-state index < -0.39 is 0 Å². The standard InChI is InChI=1S/C12H13Cl2N3O/c1-15-12(18)4-5-17-10-6-8(14)2-3-9(10)16-11(17)7-13/h2-3,6H,4-5,7H2,1H3,(H,15,18). The molecular formula is C12H13Cl2N3O. The Labute approximate surface area is 115 Å². The number of aromatic nitrogens is 2. The minimum Gasteiger partial charge on any atom is -0.359 e. The average molecular weight is 286 g/mol. The average Bonchev–Trinajstić information content (AvgIpc) is 2.73. The van der Waals surface area contributed by atoms with Crippen molar-refractivity contribution < 1.29 is 4.79 Å². The molecule has 18 heavy (non-hydrogen) atoms. The maximum absolute atomic E-state index is 11.3. The summed E-state index contributed by atoms with van der Waals surface area (Å²) in [6.07, 6.45) is 0.387. The van der Waals surface area contributed by atoms with Gasteiger partial charge in [0, 0.05) is 25.0 Å². The molecule has 0 fully saturated rings. The summed E-state index contributed by atoms with van der Waals surface area (Å²) in [5, 5.41) is 3.24. The lowest BCUT2D eigenvalue weighted by Gasteiger charge is -2.07. The lowest BCUT2D eigenvalue weighted by atomic mass is 10.3. The Morgan fingerprint density at radius 3 is 2.94 bits per heavy atom. The van der Waals surface area contributed by atoms with E-state index in [1.165, 1.54) is 0 Å². The summed E-state index contributed by atoms with van der Waals surface area (Å²) in [6, 6.07) is 5.48. The highest BCUT2D eigenvalue weighted by molar-refractivity contribution is 6.31. The van der Waals surface area contributed by atoms with Gasteiger partial charge in [0.25, 0.3) is 0 Å². The number of carbonyl (C=O) groups is 1. The Hall–Kier alpha value is -1.26. The van der Waals surface area contributed by atoms with Gasteiger partial charge in [-0.2, -0.15) is 0 Å². The lowest BCUT2D eigenvalue weighted by molar-refractivity contribution is -0.120. The smallest absolute Gasteiger partial charge is 0.221 e. The van der Waals surface area contributed by atoms with Crippen LogP contribution in [-0.4, -0.2) is 22.5 Å². The van der Waals surface area contributed by atoms with Crippen LogP contribution >= 0.6 is 23.2 Å². The van der Waals surface area contributed by atoms with Crippen molar-refractivity contribution in [2.24, 2.45) is 0 Å². The molecule has 0 saturated heterocycles. The first-order chi connectivity index (χ1) is 8.65. The van der Waals surface area contributed by atoms with Crippen LogP contribution in [0.15, 0.2) is 18.2 Å². The van der Waals surface area contributed by atoms with Gasteiger partial charge in [0.2, 0.25) is 5.91 Å². The normalized spacial score (nSPS) is 10.8. The second kappa shape index (κ2) is 5.59. The zero-order valence-corrected chi connectivity index (χ0v) is 11.4. The Morgan fingerprint density at radius 2 is 2.28 bits per heavy atom. The fraction of sp³-hybridized carbons (Fsp3) is 0.333. The van der Waals surface area contributed by atoms with E-state index in [1.54, 1.807) is 13.1 Å². The van der Waals surface area contributed by atoms with E-state index in [2.05, 4.69) is 10.3 Å². The molecule has 0 bridgehead atoms. The number of benzene rings is 1. The molecule has 1 aromatic carbocycles. The highest BCUT2D eigenvalue weighted by Crippen LogP contribution is 2.22. The van der Waals surface area contributed by atoms with Gasteiger partial charge >= 0.3 is 0 Å². The molecule has 0 saturated carbocycles. The van der Waals surface area contributed by atoms with Crippen LogP contribution in [-0.2, 0) is 17.2 Å². The molecule has 0 aliphatic carbocycles. The van der Waals surface area contributed by atoms with Crippen LogP contribution in [0.4, 0.5) is 0 Å². The third kappa shape index (κ3) is 2.60. The van der Waals surface area contributed by atoms with Crippen LogP contribution in [0.25, 0.3) is 11.0 Å². The van der Waals surface area contributed by atoms with Crippen LogP contribution < -0.4 is 5.32 Å². The number of fused-ring (bicyclic) bond motifs is 1. The molecule has 0 radical (unpaired) electrons. The fourth-order valence-corrected chi connectivity index (χ4v) is 2.21. The maximum Gasteiger partial charge on any atom is 0.221 e. The number of nitrogens with zero attached hydrogens (tertiary/aromatic N) is 2. The number of rotatable bonds is 4. The first kappa shape index (κ1) is 13.2. The molecular weight excluding hydrogens is 273 g/mol. The van der Waals surface area contributed by atoms with Crippen LogP contribution in [0.1, 0.15) is 12.2 Å². The van der Waals surface area contributed by atoms with Crippen LogP contribution in [0.5, 0.6) is 0 Å². The van der Waals surface area contributed by atoms with Gasteiger partial charge in [-0.3, -0.25) is 4.79 Å². The second-order valence-corrected chi connectivity index (χ2v) is 4.57. The van der Waals surface area contributed by atoms with Crippen molar-refractivity contribution in [3.8, 4) is 0 Å². The second-order valence-electron chi connectivity index (χ2n) is 3.87. The minimum absolute atomic E-state index is 0.0144. The molecule has 2 aromatic rings. The summed E-state index contributed by atoms with van der Waals surface area (Å²) in [7, 11) is 1.62. The molecule has 0 spiro atoms. The molecule has 6 heteroatoms. The molecule has 0 aliphatic heterocycles. The Kier molecular flexibility index (Phi) is 4.09. The number of hydrogen-bond acceptors (Lipinski definition) is 2. The molecule has 0 atom stereocenters. The topological polar surface area (TPSA) is 46.9 Å². The first-order valence-corrected chi connectivity index (χ1v) is 6.48. The Morgan fingerprint density at radius 1 is 1.50 bits per heavy atom. The number of carbonyl (C=O) groups excluding carboxylic acids is 1. The number of halogens is 2. The van der Waals surface area contributed by atoms with E-state index in [0.29, 0.717) is 23.9 Å². The van der Waals surface area contributed by atoms with E-state index in [0.717, 1.165) is 16.9 Å². The Bertz CT molecular complexity index is 580. The number of aryl methyl sites for hydroxylation is 1. The van der Waals surface area contributed by atoms with Gasteiger partial charge in [0.05, 0.1) is 16.9 Å². The van der Waals surface area contributed by atoms with Gasteiger partial charge in [-0.1, -0.05) is 11.6 Å². The number of hydrogen-bond donors (Lipinski definition) is 1. The van der Waals surface area contributed by atoms with Gasteiger partial charge in [0.1, 0.15) is 5.82 Å². The van der Waals surface area contributed by atoms with E-state index in [-0.39, 0.29) is 5.91 Å². The Balaban J connectivity index is 2.39. The SMILES string of the molecule is CNC(=O)CCn1c(CCl)nc2ccc(Cl)cc21. The summed E-state index contributed by atoms with van der Waals surface area (Å²) in [4.78, 5) is 15.7. The number of alkyl halides is 1. The van der Waals surface area contributed by atoms with Crippen molar-refractivity contribution in [3.63, 3.8) is 0 Å². The first-order valence-electron chi connectivity index (χ1n) is 5.57. The number of amides is 1. The molecule has 4 nitrogen and oxygen atoms in total. The monoisotopic (exact) mass is 285 g/mol. The van der Waals surface area contributed by atoms with Gasteiger partial charge in [0.15, 0.2) is 0 Å². The zero-order valence-electron chi connectivity index (χ0n) is 9.91. The van der Waals surface area contributed by atoms with E-state index in [9.17, 15) is 4.79 Å². The summed E-state index contributed by atoms with van der Waals surface area (Å²) in [6.45, 7) is 0.540. The fourth-order valence-electron chi connectivity index (χ4n) is 1.84. The summed E-state index contributed by atoms with van der Waals surface area (Å²) >= 11 is 11.9. The van der Waals surface area contributed by atoms with Gasteiger partial charge < -0.3 is 9.88 Å². The minimum atomic E-state index is -0.0144. The van der Waals surface area contributed by atoms with Gasteiger partial charge in [-0.05, 0) is 18.2 Å². The highest BCUT2D eigenvalue weighted by Gasteiger charge is 2.11. The van der Waals surface area contributed by atoms with Gasteiger partial charge in [-0.15, -0.1) is 11.6 Å². The van der Waals surface area contributed by atoms with Crippen molar-refractivity contribution in [2.75, 3.05) is 7.05 Å². The summed E-state index contributed by atoms with van der Waals surface area (Å²) in [5.41, 5.74) is 1.74. The molecule has 1 aromatic heterocycles. The molecule has 0 unspecified atom stereocenters. The molecule has 96 valence electrons. The lowest BCUT2D eigenvalue weighted by Crippen LogP contribution is -2.19. The largest absolute Gasteiger partial charge is 0.359 e. The van der Waals surface area contributed by atoms with Crippen LogP contribution in [0.3, 0.4) is 0 Å². The highest BCUT2D eigenvalue weighted by atomic mass is 35.5. The van der Waals surface area contributed by atoms with Crippen molar-refractivity contribution in [1.82, 2.24) is 14.9 Å². The summed E-state index contributed by atoms with van der Waals surface area (Å²) in [5.74, 6) is 1.04. The predicted octanol–water partition coefficient (Wildman–Crippen LogP) is 2.56. The van der Waals surface area contributed by atoms with E-state index in [4.69, 9.17) is 23.2 Å². The molecule has 1 N–H and O–H groups in total. The number of nitrogens with one attached hydrogen (secondary N) is 1. The quantitative estimate of drug-likeness (QED) is 0.878. The van der Waals surface area contributed by atoms with Crippen molar-refractivity contribution in [3.05, 3.63) is 29.0 Å². The van der Waals surface area contributed by atoms with Crippen LogP contribution in [0.2, 0.25) is 5.02 Å². The predicted molar refractivity (Wildman–Crippen MR) is 73.0 cm³/mol. The number of imidazole rings is 1. The maximum atomic E-state index is 11.3. The molecule has 1 amide bonds. The van der Waals surface area contributed by atoms with Crippen molar-refractivity contribution >= 4 is 40.1 Å². The third-order valence-electron chi connectivity index (χ3n) is 2.75.